The van der Waals surface area contributed by atoms with Crippen molar-refractivity contribution < 1.29 is 18.3 Å². The summed E-state index contributed by atoms with van der Waals surface area (Å²) >= 11 is 5.77. The Morgan fingerprint density at radius 3 is 2.75 bits per heavy atom. The Labute approximate surface area is 123 Å². The van der Waals surface area contributed by atoms with Gasteiger partial charge >= 0.3 is 0 Å². The van der Waals surface area contributed by atoms with Crippen molar-refractivity contribution in [1.29, 1.82) is 0 Å². The van der Waals surface area contributed by atoms with E-state index in [2.05, 4.69) is 4.72 Å². The predicted molar refractivity (Wildman–Crippen MR) is 78.2 cm³/mol. The molecule has 0 aliphatic heterocycles. The summed E-state index contributed by atoms with van der Waals surface area (Å²) in [5.41, 5.74) is 4.52. The standard InChI is InChI=1S/C12H19ClN2O4S/c1-12(16,5-6-19-2)8-15-20(17,18)11-7-9(13)3-4-10(11)14/h3-4,7,15-16H,5-6,8,14H2,1-2H3. The topological polar surface area (TPSA) is 102 Å². The molecule has 20 heavy (non-hydrogen) atoms. The van der Waals surface area contributed by atoms with Crippen molar-refractivity contribution in [3.8, 4) is 0 Å². The molecule has 0 spiro atoms. The van der Waals surface area contributed by atoms with Gasteiger partial charge in [-0.2, -0.15) is 0 Å². The molecule has 0 fully saturated rings. The average molecular weight is 323 g/mol. The second-order valence-electron chi connectivity index (χ2n) is 4.75. The molecule has 1 atom stereocenters. The molecule has 114 valence electrons. The van der Waals surface area contributed by atoms with E-state index in [4.69, 9.17) is 22.1 Å². The molecule has 0 saturated carbocycles. The van der Waals surface area contributed by atoms with Crippen LogP contribution < -0.4 is 10.5 Å². The summed E-state index contributed by atoms with van der Waals surface area (Å²) in [5, 5.41) is 10.3. The normalized spacial score (nSPS) is 15.0. The van der Waals surface area contributed by atoms with E-state index >= 15 is 0 Å². The van der Waals surface area contributed by atoms with Gasteiger partial charge < -0.3 is 15.6 Å². The van der Waals surface area contributed by atoms with Crippen molar-refractivity contribution in [1.82, 2.24) is 4.72 Å². The molecule has 0 aliphatic carbocycles. The summed E-state index contributed by atoms with van der Waals surface area (Å²) in [6.45, 7) is 1.70. The molecule has 8 heteroatoms. The van der Waals surface area contributed by atoms with E-state index in [0.717, 1.165) is 0 Å². The Kier molecular flexibility index (Phi) is 5.79. The Balaban J connectivity index is 2.83. The lowest BCUT2D eigenvalue weighted by Crippen LogP contribution is -2.41. The number of methoxy groups -OCH3 is 1. The highest BCUT2D eigenvalue weighted by molar-refractivity contribution is 7.89. The SMILES string of the molecule is COCCC(C)(O)CNS(=O)(=O)c1cc(Cl)ccc1N. The molecule has 1 rings (SSSR count). The van der Waals surface area contributed by atoms with Crippen molar-refractivity contribution in [3.05, 3.63) is 23.2 Å². The number of sulfonamides is 1. The summed E-state index contributed by atoms with van der Waals surface area (Å²) < 4.78 is 31.4. The van der Waals surface area contributed by atoms with E-state index in [0.29, 0.717) is 13.0 Å². The molecule has 0 amide bonds. The molecule has 0 radical (unpaired) electrons. The van der Waals surface area contributed by atoms with Crippen LogP contribution in [0.2, 0.25) is 5.02 Å². The molecular formula is C12H19ClN2O4S. The fraction of sp³-hybridized carbons (Fsp3) is 0.500. The predicted octanol–water partition coefficient (Wildman–Crippen LogP) is 0.988. The fourth-order valence-electron chi connectivity index (χ4n) is 1.48. The molecular weight excluding hydrogens is 304 g/mol. The van der Waals surface area contributed by atoms with Gasteiger partial charge in [0.25, 0.3) is 0 Å². The monoisotopic (exact) mass is 322 g/mol. The second-order valence-corrected chi connectivity index (χ2v) is 6.92. The zero-order valence-corrected chi connectivity index (χ0v) is 13.0. The highest BCUT2D eigenvalue weighted by Crippen LogP contribution is 2.22. The maximum Gasteiger partial charge on any atom is 0.242 e. The maximum absolute atomic E-state index is 12.1. The van der Waals surface area contributed by atoms with Crippen LogP contribution in [-0.2, 0) is 14.8 Å². The number of anilines is 1. The van der Waals surface area contributed by atoms with Crippen LogP contribution in [0.5, 0.6) is 0 Å². The Hall–Kier alpha value is -0.860. The van der Waals surface area contributed by atoms with Crippen molar-refractivity contribution in [2.24, 2.45) is 0 Å². The summed E-state index contributed by atoms with van der Waals surface area (Å²) in [6.07, 6.45) is 0.303. The van der Waals surface area contributed by atoms with Crippen LogP contribution in [0, 0.1) is 0 Å². The Morgan fingerprint density at radius 2 is 2.15 bits per heavy atom. The smallest absolute Gasteiger partial charge is 0.242 e. The van der Waals surface area contributed by atoms with Gasteiger partial charge in [0.1, 0.15) is 4.90 Å². The first-order valence-corrected chi connectivity index (χ1v) is 7.80. The Bertz CT molecular complexity index is 561. The number of nitrogens with one attached hydrogen (secondary N) is 1. The third-order valence-electron chi connectivity index (χ3n) is 2.75. The summed E-state index contributed by atoms with van der Waals surface area (Å²) in [5.74, 6) is 0. The van der Waals surface area contributed by atoms with Gasteiger partial charge in [-0.1, -0.05) is 11.6 Å². The minimum Gasteiger partial charge on any atom is -0.398 e. The number of rotatable bonds is 7. The molecule has 6 nitrogen and oxygen atoms in total. The fourth-order valence-corrected chi connectivity index (χ4v) is 3.03. The number of benzene rings is 1. The summed E-state index contributed by atoms with van der Waals surface area (Å²) in [6, 6.07) is 4.19. The van der Waals surface area contributed by atoms with Gasteiger partial charge in [-0.3, -0.25) is 0 Å². The number of halogens is 1. The van der Waals surface area contributed by atoms with Crippen molar-refractivity contribution in [2.75, 3.05) is 26.0 Å². The van der Waals surface area contributed by atoms with Gasteiger partial charge in [-0.25, -0.2) is 13.1 Å². The zero-order valence-electron chi connectivity index (χ0n) is 11.4. The quantitative estimate of drug-likeness (QED) is 0.650. The summed E-state index contributed by atoms with van der Waals surface area (Å²) in [7, 11) is -2.33. The third-order valence-corrected chi connectivity index (χ3v) is 4.44. The van der Waals surface area contributed by atoms with Crippen molar-refractivity contribution >= 4 is 27.3 Å². The molecule has 0 heterocycles. The molecule has 1 aromatic rings. The number of nitrogens with two attached hydrogens (primary N) is 1. The van der Waals surface area contributed by atoms with Gasteiger partial charge in [0, 0.05) is 31.7 Å². The summed E-state index contributed by atoms with van der Waals surface area (Å²) in [4.78, 5) is -0.104. The van der Waals surface area contributed by atoms with Crippen LogP contribution in [0.3, 0.4) is 0 Å². The number of hydrogen-bond acceptors (Lipinski definition) is 5. The third kappa shape index (κ3) is 4.92. The first-order valence-electron chi connectivity index (χ1n) is 5.94. The van der Waals surface area contributed by atoms with Crippen LogP contribution in [0.15, 0.2) is 23.1 Å². The first kappa shape index (κ1) is 17.2. The van der Waals surface area contributed by atoms with Crippen molar-refractivity contribution in [2.45, 2.75) is 23.8 Å². The number of aliphatic hydroxyl groups is 1. The maximum atomic E-state index is 12.1. The van der Waals surface area contributed by atoms with E-state index < -0.39 is 15.6 Å². The minimum atomic E-state index is -3.83. The number of nitrogen functional groups attached to an aromatic ring is 1. The highest BCUT2D eigenvalue weighted by atomic mass is 35.5. The highest BCUT2D eigenvalue weighted by Gasteiger charge is 2.25. The Morgan fingerprint density at radius 1 is 1.50 bits per heavy atom. The van der Waals surface area contributed by atoms with E-state index in [1.807, 2.05) is 0 Å². The van der Waals surface area contributed by atoms with Gasteiger partial charge in [0.05, 0.1) is 11.3 Å². The van der Waals surface area contributed by atoms with Crippen LogP contribution in [0.25, 0.3) is 0 Å². The minimum absolute atomic E-state index is 0.0958. The van der Waals surface area contributed by atoms with Gasteiger partial charge in [0.15, 0.2) is 0 Å². The van der Waals surface area contributed by atoms with Gasteiger partial charge in [-0.15, -0.1) is 0 Å². The molecule has 0 aromatic heterocycles. The van der Waals surface area contributed by atoms with Crippen molar-refractivity contribution in [3.63, 3.8) is 0 Å². The first-order chi connectivity index (χ1) is 9.18. The largest absolute Gasteiger partial charge is 0.398 e. The molecule has 0 bridgehead atoms. The lowest BCUT2D eigenvalue weighted by Gasteiger charge is -2.23. The van der Waals surface area contributed by atoms with Crippen LogP contribution in [-0.4, -0.2) is 39.4 Å². The van der Waals surface area contributed by atoms with E-state index in [9.17, 15) is 13.5 Å². The van der Waals surface area contributed by atoms with E-state index in [1.165, 1.54) is 32.2 Å². The lowest BCUT2D eigenvalue weighted by atomic mass is 10.0. The average Bonchev–Trinajstić information content (AvgIpc) is 2.37. The van der Waals surface area contributed by atoms with Crippen LogP contribution in [0.4, 0.5) is 5.69 Å². The van der Waals surface area contributed by atoms with E-state index in [1.54, 1.807) is 0 Å². The van der Waals surface area contributed by atoms with Gasteiger partial charge in [0.2, 0.25) is 10.0 Å². The van der Waals surface area contributed by atoms with Crippen LogP contribution in [0.1, 0.15) is 13.3 Å². The molecule has 4 N–H and O–H groups in total. The molecule has 0 aliphatic rings. The van der Waals surface area contributed by atoms with Gasteiger partial charge in [-0.05, 0) is 25.1 Å². The second kappa shape index (κ2) is 6.73. The number of hydrogen-bond donors (Lipinski definition) is 3. The molecule has 1 aromatic carbocycles. The van der Waals surface area contributed by atoms with E-state index in [-0.39, 0.29) is 22.2 Å². The molecule has 0 saturated heterocycles. The number of ether oxygens (including phenoxy) is 1. The lowest BCUT2D eigenvalue weighted by molar-refractivity contribution is 0.0292. The van der Waals surface area contributed by atoms with Crippen LogP contribution >= 0.6 is 11.6 Å². The zero-order chi connectivity index (χ0) is 15.4. The molecule has 1 unspecified atom stereocenters.